The van der Waals surface area contributed by atoms with Crippen molar-refractivity contribution in [1.82, 2.24) is 20.5 Å². The first-order valence-corrected chi connectivity index (χ1v) is 6.04. The van der Waals surface area contributed by atoms with E-state index >= 15 is 0 Å². The molecule has 20 heavy (non-hydrogen) atoms. The van der Waals surface area contributed by atoms with E-state index in [1.807, 2.05) is 0 Å². The van der Waals surface area contributed by atoms with Gasteiger partial charge in [0.2, 0.25) is 0 Å². The Kier molecular flexibility index (Phi) is 4.56. The van der Waals surface area contributed by atoms with E-state index in [0.29, 0.717) is 12.0 Å². The SMILES string of the molecule is O=C(O)NC(CCO)c1ccc(-c2ccnnc2)nc1. The van der Waals surface area contributed by atoms with Gasteiger partial charge in [0.05, 0.1) is 24.1 Å². The summed E-state index contributed by atoms with van der Waals surface area (Å²) >= 11 is 0. The minimum atomic E-state index is -1.13. The van der Waals surface area contributed by atoms with Gasteiger partial charge in [-0.25, -0.2) is 4.79 Å². The zero-order valence-electron chi connectivity index (χ0n) is 10.6. The second-order valence-electron chi connectivity index (χ2n) is 4.12. The predicted molar refractivity (Wildman–Crippen MR) is 70.9 cm³/mol. The number of nitrogens with one attached hydrogen (secondary N) is 1. The number of aromatic nitrogens is 3. The fourth-order valence-electron chi connectivity index (χ4n) is 1.82. The highest BCUT2D eigenvalue weighted by atomic mass is 16.4. The summed E-state index contributed by atoms with van der Waals surface area (Å²) in [5, 5.41) is 27.6. The molecule has 0 saturated heterocycles. The van der Waals surface area contributed by atoms with Crippen molar-refractivity contribution in [1.29, 1.82) is 0 Å². The molecule has 0 bridgehead atoms. The summed E-state index contributed by atoms with van der Waals surface area (Å²) in [5.74, 6) is 0. The van der Waals surface area contributed by atoms with Crippen LogP contribution in [0.15, 0.2) is 36.8 Å². The molecule has 7 heteroatoms. The normalized spacial score (nSPS) is 11.8. The van der Waals surface area contributed by atoms with Gasteiger partial charge in [-0.05, 0) is 24.1 Å². The maximum atomic E-state index is 10.7. The van der Waals surface area contributed by atoms with E-state index in [2.05, 4.69) is 20.5 Å². The van der Waals surface area contributed by atoms with Gasteiger partial charge in [-0.15, -0.1) is 0 Å². The van der Waals surface area contributed by atoms with E-state index in [9.17, 15) is 4.79 Å². The number of hydrogen-bond donors (Lipinski definition) is 3. The molecule has 3 N–H and O–H groups in total. The third-order valence-electron chi connectivity index (χ3n) is 2.78. The quantitative estimate of drug-likeness (QED) is 0.756. The molecule has 2 aromatic heterocycles. The van der Waals surface area contributed by atoms with Crippen molar-refractivity contribution < 1.29 is 15.0 Å². The van der Waals surface area contributed by atoms with Crippen molar-refractivity contribution in [2.24, 2.45) is 0 Å². The Balaban J connectivity index is 2.19. The summed E-state index contributed by atoms with van der Waals surface area (Å²) in [6.45, 7) is -0.110. The average molecular weight is 274 g/mol. The fraction of sp³-hybridized carbons (Fsp3) is 0.231. The molecule has 2 rings (SSSR count). The summed E-state index contributed by atoms with van der Waals surface area (Å²) < 4.78 is 0. The lowest BCUT2D eigenvalue weighted by atomic mass is 10.1. The van der Waals surface area contributed by atoms with E-state index in [4.69, 9.17) is 10.2 Å². The van der Waals surface area contributed by atoms with Crippen molar-refractivity contribution in [3.63, 3.8) is 0 Å². The minimum Gasteiger partial charge on any atom is -0.465 e. The first kappa shape index (κ1) is 13.9. The number of aliphatic hydroxyl groups excluding tert-OH is 1. The number of pyridine rings is 1. The van der Waals surface area contributed by atoms with Crippen LogP contribution >= 0.6 is 0 Å². The number of carboxylic acid groups (broad SMARTS) is 1. The lowest BCUT2D eigenvalue weighted by molar-refractivity contribution is 0.185. The third kappa shape index (κ3) is 3.48. The molecule has 0 fully saturated rings. The zero-order chi connectivity index (χ0) is 14.4. The van der Waals surface area contributed by atoms with Crippen molar-refractivity contribution in [2.45, 2.75) is 12.5 Å². The van der Waals surface area contributed by atoms with Crippen LogP contribution in [0.3, 0.4) is 0 Å². The van der Waals surface area contributed by atoms with E-state index < -0.39 is 12.1 Å². The smallest absolute Gasteiger partial charge is 0.405 e. The molecular formula is C13H14N4O3. The molecular weight excluding hydrogens is 260 g/mol. The number of amides is 1. The van der Waals surface area contributed by atoms with Crippen molar-refractivity contribution in [2.75, 3.05) is 6.61 Å². The monoisotopic (exact) mass is 274 g/mol. The van der Waals surface area contributed by atoms with E-state index in [0.717, 1.165) is 11.3 Å². The molecule has 1 atom stereocenters. The number of aliphatic hydroxyl groups is 1. The van der Waals surface area contributed by atoms with Gasteiger partial charge in [-0.2, -0.15) is 10.2 Å². The van der Waals surface area contributed by atoms with Crippen LogP contribution < -0.4 is 5.32 Å². The summed E-state index contributed by atoms with van der Waals surface area (Å²) in [6, 6.07) is 4.87. The summed E-state index contributed by atoms with van der Waals surface area (Å²) in [4.78, 5) is 15.0. The lowest BCUT2D eigenvalue weighted by Gasteiger charge is -2.16. The largest absolute Gasteiger partial charge is 0.465 e. The topological polar surface area (TPSA) is 108 Å². The van der Waals surface area contributed by atoms with Gasteiger partial charge in [0, 0.05) is 18.4 Å². The summed E-state index contributed by atoms with van der Waals surface area (Å²) in [6.07, 6.45) is 3.93. The molecule has 1 unspecified atom stereocenters. The highest BCUT2D eigenvalue weighted by Gasteiger charge is 2.14. The summed E-state index contributed by atoms with van der Waals surface area (Å²) in [7, 11) is 0. The Labute approximate surface area is 115 Å². The van der Waals surface area contributed by atoms with Crippen molar-refractivity contribution in [3.8, 4) is 11.3 Å². The van der Waals surface area contributed by atoms with Crippen molar-refractivity contribution in [3.05, 3.63) is 42.4 Å². The molecule has 0 saturated carbocycles. The van der Waals surface area contributed by atoms with Gasteiger partial charge in [-0.1, -0.05) is 6.07 Å². The molecule has 1 amide bonds. The Morgan fingerprint density at radius 3 is 2.65 bits per heavy atom. The Morgan fingerprint density at radius 1 is 1.25 bits per heavy atom. The molecule has 0 spiro atoms. The van der Waals surface area contributed by atoms with Crippen LogP contribution in [-0.2, 0) is 0 Å². The molecule has 0 aliphatic rings. The van der Waals surface area contributed by atoms with Crippen LogP contribution in [0.5, 0.6) is 0 Å². The van der Waals surface area contributed by atoms with Gasteiger partial charge < -0.3 is 15.5 Å². The molecule has 2 heterocycles. The molecule has 0 radical (unpaired) electrons. The number of hydrogen-bond acceptors (Lipinski definition) is 5. The minimum absolute atomic E-state index is 0.110. The van der Waals surface area contributed by atoms with Gasteiger partial charge in [0.25, 0.3) is 0 Å². The van der Waals surface area contributed by atoms with Crippen LogP contribution in [0.4, 0.5) is 4.79 Å². The molecule has 0 aliphatic heterocycles. The van der Waals surface area contributed by atoms with E-state index in [-0.39, 0.29) is 6.61 Å². The Morgan fingerprint density at radius 2 is 2.10 bits per heavy atom. The Hall–Kier alpha value is -2.54. The molecule has 7 nitrogen and oxygen atoms in total. The number of rotatable bonds is 5. The van der Waals surface area contributed by atoms with Crippen LogP contribution in [0.2, 0.25) is 0 Å². The van der Waals surface area contributed by atoms with Crippen LogP contribution in [0.25, 0.3) is 11.3 Å². The van der Waals surface area contributed by atoms with Crippen molar-refractivity contribution >= 4 is 6.09 Å². The predicted octanol–water partition coefficient (Wildman–Crippen LogP) is 1.23. The second kappa shape index (κ2) is 6.58. The van der Waals surface area contributed by atoms with Gasteiger partial charge in [0.1, 0.15) is 0 Å². The van der Waals surface area contributed by atoms with Gasteiger partial charge >= 0.3 is 6.09 Å². The first-order valence-electron chi connectivity index (χ1n) is 6.04. The van der Waals surface area contributed by atoms with Crippen LogP contribution in [0, 0.1) is 0 Å². The zero-order valence-corrected chi connectivity index (χ0v) is 10.6. The van der Waals surface area contributed by atoms with Crippen LogP contribution in [0.1, 0.15) is 18.0 Å². The number of carbonyl (C=O) groups is 1. The average Bonchev–Trinajstić information content (AvgIpc) is 2.47. The van der Waals surface area contributed by atoms with Crippen LogP contribution in [-0.4, -0.2) is 38.1 Å². The molecule has 104 valence electrons. The highest BCUT2D eigenvalue weighted by Crippen LogP contribution is 2.20. The molecule has 0 aliphatic carbocycles. The maximum absolute atomic E-state index is 10.7. The first-order chi connectivity index (χ1) is 9.70. The van der Waals surface area contributed by atoms with Gasteiger partial charge in [0.15, 0.2) is 0 Å². The molecule has 2 aromatic rings. The third-order valence-corrected chi connectivity index (χ3v) is 2.78. The number of nitrogens with zero attached hydrogens (tertiary/aromatic N) is 3. The summed E-state index contributed by atoms with van der Waals surface area (Å²) in [5.41, 5.74) is 2.25. The van der Waals surface area contributed by atoms with E-state index in [1.54, 1.807) is 36.8 Å². The standard InChI is InChI=1S/C13H14N4O3/c18-6-4-12(17-13(19)20)9-1-2-11(14-7-9)10-3-5-15-16-8-10/h1-3,5,7-8,12,17-18H,4,6H2,(H,19,20). The lowest BCUT2D eigenvalue weighted by Crippen LogP contribution is -2.27. The van der Waals surface area contributed by atoms with E-state index in [1.165, 1.54) is 0 Å². The molecule has 0 aromatic carbocycles. The Bertz CT molecular complexity index is 560. The highest BCUT2D eigenvalue weighted by molar-refractivity contribution is 5.65. The maximum Gasteiger partial charge on any atom is 0.405 e. The van der Waals surface area contributed by atoms with Gasteiger partial charge in [-0.3, -0.25) is 4.98 Å². The second-order valence-corrected chi connectivity index (χ2v) is 4.12. The fourth-order valence-corrected chi connectivity index (χ4v) is 1.82.